The quantitative estimate of drug-likeness (QED) is 0.738. The number of piperidine rings is 1. The van der Waals surface area contributed by atoms with Gasteiger partial charge in [0.05, 0.1) is 0 Å². The van der Waals surface area contributed by atoms with Crippen LogP contribution in [0.5, 0.6) is 0 Å². The predicted molar refractivity (Wildman–Crippen MR) is 55.8 cm³/mol. The van der Waals surface area contributed by atoms with Gasteiger partial charge in [0.2, 0.25) is 0 Å². The summed E-state index contributed by atoms with van der Waals surface area (Å²) in [7, 11) is 0. The van der Waals surface area contributed by atoms with Crippen molar-refractivity contribution in [2.75, 3.05) is 18.0 Å². The van der Waals surface area contributed by atoms with Crippen molar-refractivity contribution in [2.45, 2.75) is 18.9 Å². The van der Waals surface area contributed by atoms with Crippen molar-refractivity contribution in [3.63, 3.8) is 0 Å². The van der Waals surface area contributed by atoms with E-state index in [9.17, 15) is 4.39 Å². The van der Waals surface area contributed by atoms with Gasteiger partial charge in [-0.1, -0.05) is 6.07 Å². The molecule has 1 aliphatic rings. The maximum Gasteiger partial charge on any atom is 0.125 e. The minimum absolute atomic E-state index is 0.179. The van der Waals surface area contributed by atoms with Crippen molar-refractivity contribution < 1.29 is 4.39 Å². The zero-order chi connectivity index (χ0) is 9.97. The molecule has 0 amide bonds. The highest BCUT2D eigenvalue weighted by Gasteiger charge is 2.16. The normalized spacial score (nSPS) is 22.4. The van der Waals surface area contributed by atoms with Crippen molar-refractivity contribution in [1.82, 2.24) is 0 Å². The maximum atomic E-state index is 13.0. The molecule has 1 aliphatic heterocycles. The number of anilines is 1. The van der Waals surface area contributed by atoms with Gasteiger partial charge in [0.15, 0.2) is 0 Å². The summed E-state index contributed by atoms with van der Waals surface area (Å²) in [5, 5.41) is 0. The van der Waals surface area contributed by atoms with Gasteiger partial charge >= 0.3 is 0 Å². The number of halogens is 1. The smallest absolute Gasteiger partial charge is 0.125 e. The van der Waals surface area contributed by atoms with Gasteiger partial charge in [-0.25, -0.2) is 4.39 Å². The molecule has 1 heterocycles. The molecule has 1 saturated heterocycles. The number of benzene rings is 1. The van der Waals surface area contributed by atoms with Crippen LogP contribution in [0.3, 0.4) is 0 Å². The molecule has 14 heavy (non-hydrogen) atoms. The summed E-state index contributed by atoms with van der Waals surface area (Å²) in [4.78, 5) is 2.15. The molecule has 0 aliphatic carbocycles. The third kappa shape index (κ3) is 2.04. The minimum atomic E-state index is -0.179. The van der Waals surface area contributed by atoms with Gasteiger partial charge in [0.1, 0.15) is 5.82 Å². The van der Waals surface area contributed by atoms with Crippen molar-refractivity contribution >= 4 is 5.69 Å². The molecule has 0 bridgehead atoms. The van der Waals surface area contributed by atoms with Crippen LogP contribution in [0.4, 0.5) is 10.1 Å². The van der Waals surface area contributed by atoms with Crippen molar-refractivity contribution in [3.8, 4) is 0 Å². The van der Waals surface area contributed by atoms with E-state index < -0.39 is 0 Å². The second kappa shape index (κ2) is 3.96. The average molecular weight is 194 g/mol. The maximum absolute atomic E-state index is 13.0. The number of hydrogen-bond acceptors (Lipinski definition) is 2. The van der Waals surface area contributed by atoms with E-state index in [1.165, 1.54) is 6.07 Å². The fraction of sp³-hybridized carbons (Fsp3) is 0.455. The Labute approximate surface area is 83.5 Å². The Morgan fingerprint density at radius 1 is 1.43 bits per heavy atom. The Bertz CT molecular complexity index is 314. The van der Waals surface area contributed by atoms with E-state index in [2.05, 4.69) is 4.90 Å². The molecule has 0 radical (unpaired) electrons. The third-order valence-corrected chi connectivity index (χ3v) is 2.63. The zero-order valence-electron chi connectivity index (χ0n) is 8.12. The van der Waals surface area contributed by atoms with E-state index in [1.54, 1.807) is 12.1 Å². The average Bonchev–Trinajstić information content (AvgIpc) is 2.18. The van der Waals surface area contributed by atoms with Crippen LogP contribution in [0.25, 0.3) is 0 Å². The molecule has 1 unspecified atom stereocenters. The Kier molecular flexibility index (Phi) is 2.68. The lowest BCUT2D eigenvalue weighted by molar-refractivity contribution is 0.505. The van der Waals surface area contributed by atoms with Gasteiger partial charge in [0.25, 0.3) is 0 Å². The van der Waals surface area contributed by atoms with Crippen LogP contribution in [0.15, 0.2) is 24.3 Å². The Morgan fingerprint density at radius 2 is 2.29 bits per heavy atom. The van der Waals surface area contributed by atoms with Gasteiger partial charge in [-0.3, -0.25) is 0 Å². The first-order valence-electron chi connectivity index (χ1n) is 5.02. The monoisotopic (exact) mass is 194 g/mol. The van der Waals surface area contributed by atoms with E-state index >= 15 is 0 Å². The summed E-state index contributed by atoms with van der Waals surface area (Å²) in [5.74, 6) is -0.179. The molecular weight excluding hydrogens is 179 g/mol. The molecule has 0 saturated carbocycles. The molecule has 1 aromatic carbocycles. The Morgan fingerprint density at radius 3 is 3.00 bits per heavy atom. The van der Waals surface area contributed by atoms with E-state index in [-0.39, 0.29) is 11.9 Å². The van der Waals surface area contributed by atoms with Crippen LogP contribution in [0.1, 0.15) is 12.8 Å². The molecule has 1 atom stereocenters. The number of nitrogens with two attached hydrogens (primary N) is 1. The van der Waals surface area contributed by atoms with Crippen molar-refractivity contribution in [2.24, 2.45) is 5.73 Å². The van der Waals surface area contributed by atoms with E-state index in [4.69, 9.17) is 5.73 Å². The highest BCUT2D eigenvalue weighted by atomic mass is 19.1. The highest BCUT2D eigenvalue weighted by molar-refractivity contribution is 5.47. The largest absolute Gasteiger partial charge is 0.370 e. The predicted octanol–water partition coefficient (Wildman–Crippen LogP) is 1.75. The van der Waals surface area contributed by atoms with E-state index in [0.29, 0.717) is 0 Å². The van der Waals surface area contributed by atoms with E-state index in [1.807, 2.05) is 6.07 Å². The van der Waals surface area contributed by atoms with Gasteiger partial charge < -0.3 is 10.6 Å². The summed E-state index contributed by atoms with van der Waals surface area (Å²) in [5.41, 5.74) is 6.81. The van der Waals surface area contributed by atoms with Crippen LogP contribution in [0, 0.1) is 5.82 Å². The first-order valence-corrected chi connectivity index (χ1v) is 5.02. The molecule has 1 aromatic rings. The standard InChI is InChI=1S/C11H15FN2/c12-9-3-1-5-11(7-9)14-6-2-4-10(13)8-14/h1,3,5,7,10H,2,4,6,8,13H2. The van der Waals surface area contributed by atoms with E-state index in [0.717, 1.165) is 31.6 Å². The summed E-state index contributed by atoms with van der Waals surface area (Å²) >= 11 is 0. The number of rotatable bonds is 1. The lowest BCUT2D eigenvalue weighted by atomic mass is 10.1. The molecular formula is C11H15FN2. The molecule has 3 heteroatoms. The fourth-order valence-electron chi connectivity index (χ4n) is 1.92. The lowest BCUT2D eigenvalue weighted by Crippen LogP contribution is -2.42. The van der Waals surface area contributed by atoms with Gasteiger partial charge in [0, 0.05) is 24.8 Å². The Balaban J connectivity index is 2.14. The Hall–Kier alpha value is -1.09. The van der Waals surface area contributed by atoms with Crippen LogP contribution in [-0.4, -0.2) is 19.1 Å². The third-order valence-electron chi connectivity index (χ3n) is 2.63. The van der Waals surface area contributed by atoms with Gasteiger partial charge in [-0.15, -0.1) is 0 Å². The molecule has 0 aromatic heterocycles. The van der Waals surface area contributed by atoms with Crippen LogP contribution in [0.2, 0.25) is 0 Å². The molecule has 1 fully saturated rings. The second-order valence-corrected chi connectivity index (χ2v) is 3.83. The second-order valence-electron chi connectivity index (χ2n) is 3.83. The van der Waals surface area contributed by atoms with Crippen LogP contribution >= 0.6 is 0 Å². The summed E-state index contributed by atoms with van der Waals surface area (Å²) in [6.45, 7) is 1.82. The molecule has 2 N–H and O–H groups in total. The topological polar surface area (TPSA) is 29.3 Å². The van der Waals surface area contributed by atoms with Gasteiger partial charge in [-0.2, -0.15) is 0 Å². The van der Waals surface area contributed by atoms with Crippen LogP contribution in [-0.2, 0) is 0 Å². The fourth-order valence-corrected chi connectivity index (χ4v) is 1.92. The lowest BCUT2D eigenvalue weighted by Gasteiger charge is -2.32. The summed E-state index contributed by atoms with van der Waals surface area (Å²) < 4.78 is 13.0. The first-order chi connectivity index (χ1) is 6.75. The molecule has 2 rings (SSSR count). The van der Waals surface area contributed by atoms with Crippen LogP contribution < -0.4 is 10.6 Å². The summed E-state index contributed by atoms with van der Waals surface area (Å²) in [6, 6.07) is 6.93. The van der Waals surface area contributed by atoms with Gasteiger partial charge in [-0.05, 0) is 31.0 Å². The first kappa shape index (κ1) is 9.46. The van der Waals surface area contributed by atoms with Crippen molar-refractivity contribution in [1.29, 1.82) is 0 Å². The number of hydrogen-bond donors (Lipinski definition) is 1. The zero-order valence-corrected chi connectivity index (χ0v) is 8.12. The SMILES string of the molecule is NC1CCCN(c2cccc(F)c2)C1. The molecule has 0 spiro atoms. The minimum Gasteiger partial charge on any atom is -0.370 e. The summed E-state index contributed by atoms with van der Waals surface area (Å²) in [6.07, 6.45) is 2.17. The molecule has 2 nitrogen and oxygen atoms in total. The highest BCUT2D eigenvalue weighted by Crippen LogP contribution is 2.19. The molecule has 76 valence electrons. The number of nitrogens with zero attached hydrogens (tertiary/aromatic N) is 1. The van der Waals surface area contributed by atoms with Crippen molar-refractivity contribution in [3.05, 3.63) is 30.1 Å².